The maximum atomic E-state index is 6.29. The van der Waals surface area contributed by atoms with Gasteiger partial charge in [0, 0.05) is 10.8 Å². The van der Waals surface area contributed by atoms with E-state index in [1.165, 1.54) is 11.3 Å². The molecule has 2 aromatic heterocycles. The van der Waals surface area contributed by atoms with E-state index in [9.17, 15) is 0 Å². The molecule has 3 rings (SSSR count). The number of benzene rings is 1. The molecule has 96 valence electrons. The Morgan fingerprint density at radius 2 is 2.00 bits per heavy atom. The molecule has 6 heteroatoms. The molecule has 1 aromatic carbocycles. The number of thiazole rings is 1. The van der Waals surface area contributed by atoms with Crippen LogP contribution in [-0.4, -0.2) is 17.1 Å². The van der Waals surface area contributed by atoms with Gasteiger partial charge in [-0.05, 0) is 34.1 Å². The summed E-state index contributed by atoms with van der Waals surface area (Å²) in [6, 6.07) is 7.70. The van der Waals surface area contributed by atoms with Crippen molar-refractivity contribution in [2.45, 2.75) is 0 Å². The van der Waals surface area contributed by atoms with Gasteiger partial charge in [-0.25, -0.2) is 9.97 Å². The molecule has 0 spiro atoms. The number of ether oxygens (including phenoxy) is 1. The number of aromatic nitrogens is 2. The SMILES string of the molecule is COc1ccc2ccc(-c3nc(Br)cs3)nc2c1Cl. The highest BCUT2D eigenvalue weighted by Crippen LogP contribution is 2.33. The maximum Gasteiger partial charge on any atom is 0.143 e. The fourth-order valence-electron chi connectivity index (χ4n) is 1.78. The predicted octanol–water partition coefficient (Wildman–Crippen LogP) is 4.78. The zero-order valence-electron chi connectivity index (χ0n) is 9.85. The summed E-state index contributed by atoms with van der Waals surface area (Å²) in [7, 11) is 1.59. The lowest BCUT2D eigenvalue weighted by Gasteiger charge is -2.06. The molecule has 0 bridgehead atoms. The van der Waals surface area contributed by atoms with E-state index in [2.05, 4.69) is 25.9 Å². The first-order valence-corrected chi connectivity index (χ1v) is 7.49. The van der Waals surface area contributed by atoms with Crippen LogP contribution in [-0.2, 0) is 0 Å². The highest BCUT2D eigenvalue weighted by atomic mass is 79.9. The summed E-state index contributed by atoms with van der Waals surface area (Å²) in [5, 5.41) is 4.28. The third kappa shape index (κ3) is 2.33. The Morgan fingerprint density at radius 1 is 1.21 bits per heavy atom. The lowest BCUT2D eigenvalue weighted by molar-refractivity contribution is 0.415. The van der Waals surface area contributed by atoms with Crippen LogP contribution >= 0.6 is 38.9 Å². The fraction of sp³-hybridized carbons (Fsp3) is 0.0769. The molecule has 3 aromatic rings. The van der Waals surface area contributed by atoms with E-state index in [4.69, 9.17) is 16.3 Å². The Morgan fingerprint density at radius 3 is 2.68 bits per heavy atom. The summed E-state index contributed by atoms with van der Waals surface area (Å²) in [6.07, 6.45) is 0. The van der Waals surface area contributed by atoms with Gasteiger partial charge in [0.1, 0.15) is 20.4 Å². The highest BCUT2D eigenvalue weighted by Gasteiger charge is 2.10. The summed E-state index contributed by atoms with van der Waals surface area (Å²) >= 11 is 11.2. The lowest BCUT2D eigenvalue weighted by atomic mass is 10.2. The molecule has 2 heterocycles. The van der Waals surface area contributed by atoms with Crippen molar-refractivity contribution in [2.24, 2.45) is 0 Å². The molecule has 3 nitrogen and oxygen atoms in total. The van der Waals surface area contributed by atoms with Gasteiger partial charge in [-0.2, -0.15) is 0 Å². The second-order valence-electron chi connectivity index (χ2n) is 3.83. The van der Waals surface area contributed by atoms with Gasteiger partial charge in [0.15, 0.2) is 0 Å². The summed E-state index contributed by atoms with van der Waals surface area (Å²) in [5.74, 6) is 0.624. The van der Waals surface area contributed by atoms with Crippen LogP contribution in [0.3, 0.4) is 0 Å². The van der Waals surface area contributed by atoms with Crippen molar-refractivity contribution in [1.29, 1.82) is 0 Å². The van der Waals surface area contributed by atoms with Crippen LogP contribution in [0.4, 0.5) is 0 Å². The smallest absolute Gasteiger partial charge is 0.143 e. The molecule has 0 radical (unpaired) electrons. The number of hydrogen-bond acceptors (Lipinski definition) is 4. The molecular weight excluding hydrogens is 348 g/mol. The maximum absolute atomic E-state index is 6.29. The summed E-state index contributed by atoms with van der Waals surface area (Å²) < 4.78 is 6.02. The van der Waals surface area contributed by atoms with Crippen molar-refractivity contribution in [3.8, 4) is 16.5 Å². The van der Waals surface area contributed by atoms with E-state index in [1.54, 1.807) is 7.11 Å². The first-order chi connectivity index (χ1) is 9.19. The van der Waals surface area contributed by atoms with E-state index in [0.29, 0.717) is 10.8 Å². The van der Waals surface area contributed by atoms with Gasteiger partial charge >= 0.3 is 0 Å². The number of pyridine rings is 1. The Bertz CT molecular complexity index is 759. The zero-order valence-corrected chi connectivity index (χ0v) is 13.0. The van der Waals surface area contributed by atoms with Crippen LogP contribution in [0.15, 0.2) is 34.2 Å². The Labute approximate surface area is 127 Å². The molecule has 0 aliphatic carbocycles. The summed E-state index contributed by atoms with van der Waals surface area (Å²) in [5.41, 5.74) is 1.53. The molecule has 0 saturated heterocycles. The molecule has 0 atom stereocenters. The van der Waals surface area contributed by atoms with Gasteiger partial charge in [0.05, 0.1) is 18.3 Å². The Balaban J connectivity index is 2.21. The first kappa shape index (κ1) is 12.8. The number of fused-ring (bicyclic) bond motifs is 1. The summed E-state index contributed by atoms with van der Waals surface area (Å²) in [6.45, 7) is 0. The van der Waals surface area contributed by atoms with Crippen LogP contribution < -0.4 is 4.74 Å². The second-order valence-corrected chi connectivity index (χ2v) is 5.87. The molecule has 0 aliphatic rings. The van der Waals surface area contributed by atoms with Crippen molar-refractivity contribution in [1.82, 2.24) is 9.97 Å². The van der Waals surface area contributed by atoms with Crippen LogP contribution in [0, 0.1) is 0 Å². The third-order valence-corrected chi connectivity index (χ3v) is 4.62. The van der Waals surface area contributed by atoms with Gasteiger partial charge in [-0.1, -0.05) is 17.7 Å². The quantitative estimate of drug-likeness (QED) is 0.663. The highest BCUT2D eigenvalue weighted by molar-refractivity contribution is 9.10. The standard InChI is InChI=1S/C13H8BrClN2OS/c1-18-9-5-3-7-2-4-8(16-12(7)11(9)15)13-17-10(14)6-19-13/h2-6H,1H3. The largest absolute Gasteiger partial charge is 0.495 e. The van der Waals surface area contributed by atoms with Crippen molar-refractivity contribution in [3.63, 3.8) is 0 Å². The Hall–Kier alpha value is -1.17. The molecule has 0 amide bonds. The number of methoxy groups -OCH3 is 1. The molecule has 0 unspecified atom stereocenters. The van der Waals surface area contributed by atoms with Crippen LogP contribution in [0.1, 0.15) is 0 Å². The van der Waals surface area contributed by atoms with Crippen LogP contribution in [0.25, 0.3) is 21.6 Å². The number of hydrogen-bond donors (Lipinski definition) is 0. The minimum absolute atomic E-state index is 0.525. The third-order valence-electron chi connectivity index (χ3n) is 2.68. The van der Waals surface area contributed by atoms with E-state index in [0.717, 1.165) is 26.2 Å². The number of halogens is 2. The van der Waals surface area contributed by atoms with E-state index >= 15 is 0 Å². The first-order valence-electron chi connectivity index (χ1n) is 5.43. The molecule has 0 N–H and O–H groups in total. The Kier molecular flexibility index (Phi) is 3.43. The number of rotatable bonds is 2. The monoisotopic (exact) mass is 354 g/mol. The van der Waals surface area contributed by atoms with Gasteiger partial charge in [0.25, 0.3) is 0 Å². The minimum atomic E-state index is 0.525. The van der Waals surface area contributed by atoms with E-state index < -0.39 is 0 Å². The average Bonchev–Trinajstić information content (AvgIpc) is 2.86. The van der Waals surface area contributed by atoms with E-state index in [1.807, 2.05) is 29.6 Å². The summed E-state index contributed by atoms with van der Waals surface area (Å²) in [4.78, 5) is 8.94. The van der Waals surface area contributed by atoms with Crippen molar-refractivity contribution >= 4 is 49.8 Å². The molecule has 0 saturated carbocycles. The second kappa shape index (κ2) is 5.07. The molecule has 0 fully saturated rings. The van der Waals surface area contributed by atoms with Crippen LogP contribution in [0.2, 0.25) is 5.02 Å². The normalized spacial score (nSPS) is 10.9. The molecule has 0 aliphatic heterocycles. The molecular formula is C13H8BrClN2OS. The lowest BCUT2D eigenvalue weighted by Crippen LogP contribution is -1.89. The average molecular weight is 356 g/mol. The van der Waals surface area contributed by atoms with Gasteiger partial charge in [-0.3, -0.25) is 0 Å². The number of nitrogens with zero attached hydrogens (tertiary/aromatic N) is 2. The topological polar surface area (TPSA) is 35.0 Å². The van der Waals surface area contributed by atoms with Crippen molar-refractivity contribution < 1.29 is 4.74 Å². The predicted molar refractivity (Wildman–Crippen MR) is 82.1 cm³/mol. The minimum Gasteiger partial charge on any atom is -0.495 e. The fourth-order valence-corrected chi connectivity index (χ4v) is 3.30. The van der Waals surface area contributed by atoms with Crippen molar-refractivity contribution in [3.05, 3.63) is 39.3 Å². The van der Waals surface area contributed by atoms with Gasteiger partial charge < -0.3 is 4.74 Å². The molecule has 19 heavy (non-hydrogen) atoms. The van der Waals surface area contributed by atoms with Crippen molar-refractivity contribution in [2.75, 3.05) is 7.11 Å². The van der Waals surface area contributed by atoms with E-state index in [-0.39, 0.29) is 0 Å². The zero-order chi connectivity index (χ0) is 13.4. The van der Waals surface area contributed by atoms with Gasteiger partial charge in [0.2, 0.25) is 0 Å². The van der Waals surface area contributed by atoms with Crippen LogP contribution in [0.5, 0.6) is 5.75 Å². The van der Waals surface area contributed by atoms with Gasteiger partial charge in [-0.15, -0.1) is 11.3 Å².